The minimum absolute atomic E-state index is 0.253. The first-order chi connectivity index (χ1) is 11.7. The molecule has 0 fully saturated rings. The van der Waals surface area contributed by atoms with Crippen molar-refractivity contribution in [2.75, 3.05) is 21.3 Å². The van der Waals surface area contributed by atoms with Crippen molar-refractivity contribution < 1.29 is 19.0 Å². The van der Waals surface area contributed by atoms with Gasteiger partial charge in [0.25, 0.3) is 0 Å². The molecule has 2 rings (SSSR count). The number of methoxy groups -OCH3 is 3. The van der Waals surface area contributed by atoms with Crippen molar-refractivity contribution in [1.82, 2.24) is 0 Å². The number of nitriles is 1. The van der Waals surface area contributed by atoms with E-state index >= 15 is 0 Å². The lowest BCUT2D eigenvalue weighted by atomic mass is 9.86. The number of benzene rings is 2. The van der Waals surface area contributed by atoms with Crippen LogP contribution in [0.3, 0.4) is 0 Å². The molecule has 0 bridgehead atoms. The van der Waals surface area contributed by atoms with Crippen LogP contribution in [0, 0.1) is 17.2 Å². The van der Waals surface area contributed by atoms with Crippen molar-refractivity contribution in [1.29, 1.82) is 5.26 Å². The molecule has 0 aliphatic rings. The lowest BCUT2D eigenvalue weighted by Gasteiger charge is -2.23. The summed E-state index contributed by atoms with van der Waals surface area (Å²) >= 11 is 0. The fourth-order valence-electron chi connectivity index (χ4n) is 2.95. The van der Waals surface area contributed by atoms with Gasteiger partial charge in [-0.1, -0.05) is 42.5 Å². The minimum Gasteiger partial charge on any atom is -0.469 e. The van der Waals surface area contributed by atoms with Crippen LogP contribution >= 0.6 is 0 Å². The van der Waals surface area contributed by atoms with Gasteiger partial charge in [-0.25, -0.2) is 0 Å². The summed E-state index contributed by atoms with van der Waals surface area (Å²) in [5.41, 5.74) is 0.839. The number of hydrogen-bond acceptors (Lipinski definition) is 5. The van der Waals surface area contributed by atoms with Gasteiger partial charge in [0.05, 0.1) is 25.0 Å². The Hall–Kier alpha value is -2.42. The zero-order chi connectivity index (χ0) is 17.5. The van der Waals surface area contributed by atoms with E-state index in [1.807, 2.05) is 42.5 Å². The van der Waals surface area contributed by atoms with Crippen LogP contribution in [0.15, 0.2) is 42.5 Å². The second-order valence-corrected chi connectivity index (χ2v) is 5.46. The number of carbonyl (C=O) groups is 1. The Balaban J connectivity index is 2.45. The van der Waals surface area contributed by atoms with Crippen molar-refractivity contribution >= 4 is 16.7 Å². The Morgan fingerprint density at radius 1 is 1.08 bits per heavy atom. The highest BCUT2D eigenvalue weighted by molar-refractivity contribution is 5.91. The Bertz CT molecular complexity index is 728. The zero-order valence-electron chi connectivity index (χ0n) is 14.1. The van der Waals surface area contributed by atoms with E-state index in [0.29, 0.717) is 0 Å². The van der Waals surface area contributed by atoms with Gasteiger partial charge in [-0.05, 0) is 22.8 Å². The molecular weight excluding hydrogens is 306 g/mol. The summed E-state index contributed by atoms with van der Waals surface area (Å²) < 4.78 is 15.4. The minimum atomic E-state index is -0.697. The van der Waals surface area contributed by atoms with Gasteiger partial charge in [-0.15, -0.1) is 0 Å². The summed E-state index contributed by atoms with van der Waals surface area (Å²) in [6, 6.07) is 15.8. The molecule has 0 N–H and O–H groups in total. The number of ether oxygens (including phenoxy) is 3. The third-order valence-corrected chi connectivity index (χ3v) is 4.13. The largest absolute Gasteiger partial charge is 0.469 e. The molecule has 2 atom stereocenters. The van der Waals surface area contributed by atoms with Crippen LogP contribution in [0.2, 0.25) is 0 Å². The quantitative estimate of drug-likeness (QED) is 0.577. The average Bonchev–Trinajstić information content (AvgIpc) is 2.64. The van der Waals surface area contributed by atoms with E-state index in [0.717, 1.165) is 16.3 Å². The predicted octanol–water partition coefficient (Wildman–Crippen LogP) is 3.25. The van der Waals surface area contributed by atoms with Crippen molar-refractivity contribution in [3.05, 3.63) is 48.0 Å². The Labute approximate surface area is 141 Å². The normalized spacial score (nSPS) is 13.5. The summed E-state index contributed by atoms with van der Waals surface area (Å²) in [7, 11) is 4.30. The molecule has 0 aliphatic carbocycles. The molecule has 0 aliphatic heterocycles. The molecule has 2 aromatic carbocycles. The van der Waals surface area contributed by atoms with Crippen molar-refractivity contribution in [3.63, 3.8) is 0 Å². The van der Waals surface area contributed by atoms with Gasteiger partial charge in [0.15, 0.2) is 6.29 Å². The fourth-order valence-corrected chi connectivity index (χ4v) is 2.95. The summed E-state index contributed by atoms with van der Waals surface area (Å²) in [6.45, 7) is 0. The third kappa shape index (κ3) is 3.73. The molecular formula is C19H21NO4. The molecule has 0 heterocycles. The fraction of sp³-hybridized carbons (Fsp3) is 0.368. The first-order valence-electron chi connectivity index (χ1n) is 7.67. The number of hydrogen-bond donors (Lipinski definition) is 0. The first kappa shape index (κ1) is 17.9. The molecule has 126 valence electrons. The standard InChI is InChI=1S/C19H21NO4/c1-22-18(21)17(11-14(12-20)19(23-2)24-3)16-10-6-8-13-7-4-5-9-15(13)16/h4-10,14,17,19H,11H2,1-3H3. The number of fused-ring (bicyclic) bond motifs is 1. The molecule has 0 amide bonds. The topological polar surface area (TPSA) is 68.6 Å². The lowest BCUT2D eigenvalue weighted by molar-refractivity contribution is -0.146. The van der Waals surface area contributed by atoms with Crippen LogP contribution in [-0.2, 0) is 19.0 Å². The van der Waals surface area contributed by atoms with E-state index in [4.69, 9.17) is 14.2 Å². The molecule has 0 spiro atoms. The van der Waals surface area contributed by atoms with Gasteiger partial charge in [0.2, 0.25) is 0 Å². The number of esters is 1. The number of carbonyl (C=O) groups excluding carboxylic acids is 1. The Kier molecular flexibility index (Phi) is 6.30. The first-order valence-corrected chi connectivity index (χ1v) is 7.67. The van der Waals surface area contributed by atoms with Crippen LogP contribution < -0.4 is 0 Å². The maximum Gasteiger partial charge on any atom is 0.313 e. The van der Waals surface area contributed by atoms with E-state index in [2.05, 4.69) is 6.07 Å². The summed E-state index contributed by atoms with van der Waals surface area (Å²) in [6.07, 6.45) is -0.444. The van der Waals surface area contributed by atoms with Gasteiger partial charge in [0, 0.05) is 14.2 Å². The summed E-state index contributed by atoms with van der Waals surface area (Å²) in [5.74, 6) is -1.54. The second-order valence-electron chi connectivity index (χ2n) is 5.46. The van der Waals surface area contributed by atoms with E-state index in [1.54, 1.807) is 0 Å². The highest BCUT2D eigenvalue weighted by Crippen LogP contribution is 2.32. The van der Waals surface area contributed by atoms with Crippen LogP contribution in [0.1, 0.15) is 17.9 Å². The van der Waals surface area contributed by atoms with Crippen LogP contribution in [0.25, 0.3) is 10.8 Å². The van der Waals surface area contributed by atoms with Crippen LogP contribution in [-0.4, -0.2) is 33.6 Å². The monoisotopic (exact) mass is 327 g/mol. The molecule has 0 saturated heterocycles. The highest BCUT2D eigenvalue weighted by Gasteiger charge is 2.31. The molecule has 2 unspecified atom stereocenters. The smallest absolute Gasteiger partial charge is 0.313 e. The third-order valence-electron chi connectivity index (χ3n) is 4.13. The second kappa shape index (κ2) is 8.44. The van der Waals surface area contributed by atoms with Gasteiger partial charge in [0.1, 0.15) is 0 Å². The highest BCUT2D eigenvalue weighted by atomic mass is 16.7. The van der Waals surface area contributed by atoms with E-state index in [9.17, 15) is 10.1 Å². The maximum absolute atomic E-state index is 12.4. The van der Waals surface area contributed by atoms with E-state index in [-0.39, 0.29) is 12.4 Å². The van der Waals surface area contributed by atoms with Crippen molar-refractivity contribution in [2.24, 2.45) is 5.92 Å². The van der Waals surface area contributed by atoms with Gasteiger partial charge < -0.3 is 14.2 Å². The average molecular weight is 327 g/mol. The Morgan fingerprint density at radius 2 is 1.75 bits per heavy atom. The Morgan fingerprint density at radius 3 is 2.38 bits per heavy atom. The summed E-state index contributed by atoms with van der Waals surface area (Å²) in [4.78, 5) is 12.4. The molecule has 0 saturated carbocycles. The zero-order valence-corrected chi connectivity index (χ0v) is 14.1. The number of rotatable bonds is 7. The van der Waals surface area contributed by atoms with E-state index < -0.39 is 18.1 Å². The van der Waals surface area contributed by atoms with Gasteiger partial charge >= 0.3 is 5.97 Å². The van der Waals surface area contributed by atoms with Gasteiger partial charge in [-0.2, -0.15) is 5.26 Å². The van der Waals surface area contributed by atoms with Crippen molar-refractivity contribution in [3.8, 4) is 6.07 Å². The number of nitrogens with zero attached hydrogens (tertiary/aromatic N) is 1. The SMILES string of the molecule is COC(=O)C(CC(C#N)C(OC)OC)c1cccc2ccccc12. The molecule has 0 radical (unpaired) electrons. The maximum atomic E-state index is 12.4. The van der Waals surface area contributed by atoms with Crippen molar-refractivity contribution in [2.45, 2.75) is 18.6 Å². The molecule has 5 nitrogen and oxygen atoms in total. The van der Waals surface area contributed by atoms with Gasteiger partial charge in [-0.3, -0.25) is 4.79 Å². The molecule has 24 heavy (non-hydrogen) atoms. The molecule has 5 heteroatoms. The van der Waals surface area contributed by atoms with Crippen LogP contribution in [0.5, 0.6) is 0 Å². The van der Waals surface area contributed by atoms with Crippen LogP contribution in [0.4, 0.5) is 0 Å². The summed E-state index contributed by atoms with van der Waals surface area (Å²) in [5, 5.41) is 11.5. The lowest BCUT2D eigenvalue weighted by Crippen LogP contribution is -2.28. The predicted molar refractivity (Wildman–Crippen MR) is 90.2 cm³/mol. The van der Waals surface area contributed by atoms with E-state index in [1.165, 1.54) is 21.3 Å². The molecule has 2 aromatic rings. The molecule has 0 aromatic heterocycles.